The molecule has 0 fully saturated rings. The molecule has 1 aliphatic rings. The Kier molecular flexibility index (Phi) is 2.49. The Morgan fingerprint density at radius 1 is 0.300 bits per heavy atom. The van der Waals surface area contributed by atoms with Crippen LogP contribution in [0.4, 0.5) is 0 Å². The molecule has 7 aromatic rings. The van der Waals surface area contributed by atoms with Gasteiger partial charge in [0, 0.05) is 0 Å². The van der Waals surface area contributed by atoms with E-state index in [1.165, 1.54) is 76.1 Å². The number of hydrogen-bond donors (Lipinski definition) is 0. The summed E-state index contributed by atoms with van der Waals surface area (Å²) >= 11 is 0. The Hall–Kier alpha value is -3.90. The second kappa shape index (κ2) is 4.98. The maximum Gasteiger partial charge on any atom is -0.00137 e. The molecule has 136 valence electrons. The van der Waals surface area contributed by atoms with Crippen LogP contribution in [0.1, 0.15) is 0 Å². The molecule has 7 aromatic carbocycles. The predicted octanol–water partition coefficient (Wildman–Crippen LogP) is 8.54. The van der Waals surface area contributed by atoms with Crippen LogP contribution in [0.3, 0.4) is 0 Å². The van der Waals surface area contributed by atoms with E-state index in [-0.39, 0.29) is 0 Å². The summed E-state index contributed by atoms with van der Waals surface area (Å²) in [6, 6.07) is 36.2. The van der Waals surface area contributed by atoms with Crippen LogP contribution in [0, 0.1) is 0 Å². The van der Waals surface area contributed by atoms with Crippen molar-refractivity contribution in [2.24, 2.45) is 0 Å². The normalized spacial score (nSPS) is 12.7. The minimum atomic E-state index is 1.31. The van der Waals surface area contributed by atoms with Gasteiger partial charge in [-0.2, -0.15) is 0 Å². The molecule has 0 bridgehead atoms. The second-order valence-electron chi connectivity index (χ2n) is 8.49. The van der Waals surface area contributed by atoms with Crippen molar-refractivity contribution in [3.63, 3.8) is 0 Å². The van der Waals surface area contributed by atoms with E-state index in [4.69, 9.17) is 0 Å². The molecule has 0 heterocycles. The zero-order valence-corrected chi connectivity index (χ0v) is 16.2. The Morgan fingerprint density at radius 2 is 0.900 bits per heavy atom. The lowest BCUT2D eigenvalue weighted by Crippen LogP contribution is -1.87. The van der Waals surface area contributed by atoms with E-state index < -0.39 is 0 Å². The average molecular weight is 376 g/mol. The molecule has 0 atom stereocenters. The third kappa shape index (κ3) is 1.58. The number of hydrogen-bond acceptors (Lipinski definition) is 0. The summed E-state index contributed by atoms with van der Waals surface area (Å²) in [5.74, 6) is 0. The maximum atomic E-state index is 2.36. The van der Waals surface area contributed by atoms with Crippen molar-refractivity contribution in [1.29, 1.82) is 0 Å². The van der Waals surface area contributed by atoms with Crippen LogP contribution in [-0.4, -0.2) is 0 Å². The summed E-state index contributed by atoms with van der Waals surface area (Å²) in [4.78, 5) is 0. The Labute approximate surface area is 173 Å². The Morgan fingerprint density at radius 3 is 1.70 bits per heavy atom. The lowest BCUT2D eigenvalue weighted by Gasteiger charge is -2.15. The Bertz CT molecular complexity index is 1790. The predicted molar refractivity (Wildman–Crippen MR) is 130 cm³/mol. The van der Waals surface area contributed by atoms with Gasteiger partial charge in [0.25, 0.3) is 0 Å². The van der Waals surface area contributed by atoms with E-state index in [9.17, 15) is 0 Å². The van der Waals surface area contributed by atoms with Crippen LogP contribution >= 0.6 is 0 Å². The van der Waals surface area contributed by atoms with E-state index >= 15 is 0 Å². The molecular weight excluding hydrogens is 360 g/mol. The first-order chi connectivity index (χ1) is 14.9. The van der Waals surface area contributed by atoms with Crippen molar-refractivity contribution in [2.75, 3.05) is 0 Å². The van der Waals surface area contributed by atoms with E-state index in [2.05, 4.69) is 97.1 Å². The van der Waals surface area contributed by atoms with Crippen LogP contribution < -0.4 is 0 Å². The highest BCUT2D eigenvalue weighted by Gasteiger charge is 2.26. The third-order valence-electron chi connectivity index (χ3n) is 7.13. The summed E-state index contributed by atoms with van der Waals surface area (Å²) in [6.07, 6.45) is 0. The van der Waals surface area contributed by atoms with Crippen molar-refractivity contribution >= 4 is 53.9 Å². The van der Waals surface area contributed by atoms with Gasteiger partial charge < -0.3 is 0 Å². The topological polar surface area (TPSA) is 0 Å². The van der Waals surface area contributed by atoms with Gasteiger partial charge in [-0.05, 0) is 76.1 Å². The third-order valence-corrected chi connectivity index (χ3v) is 7.13. The highest BCUT2D eigenvalue weighted by molar-refractivity contribution is 6.37. The molecule has 0 unspecified atom stereocenters. The van der Waals surface area contributed by atoms with Gasteiger partial charge in [-0.1, -0.05) is 97.1 Å². The molecule has 0 amide bonds. The largest absolute Gasteiger partial charge is 0.0616 e. The summed E-state index contributed by atoms with van der Waals surface area (Å²) < 4.78 is 0. The smallest absolute Gasteiger partial charge is 0.00137 e. The molecule has 0 spiro atoms. The standard InChI is InChI=1S/C30H16/c1-2-8-19-17(5-1)11-12-22-25-14-13-23-20-9-3-6-18-7-4-10-21(27(18)20)24-15-16-26(28(19)22)30(25)29(23)24/h1-16H. The zero-order chi connectivity index (χ0) is 19.4. The first-order valence-electron chi connectivity index (χ1n) is 10.5. The lowest BCUT2D eigenvalue weighted by atomic mass is 9.88. The molecule has 8 rings (SSSR count). The minimum absolute atomic E-state index is 1.31. The van der Waals surface area contributed by atoms with Gasteiger partial charge in [0.05, 0.1) is 0 Å². The molecule has 0 aliphatic heterocycles. The van der Waals surface area contributed by atoms with Gasteiger partial charge in [-0.25, -0.2) is 0 Å². The van der Waals surface area contributed by atoms with E-state index in [0.717, 1.165) is 0 Å². The van der Waals surface area contributed by atoms with E-state index in [1.807, 2.05) is 0 Å². The second-order valence-corrected chi connectivity index (χ2v) is 8.49. The van der Waals surface area contributed by atoms with Crippen molar-refractivity contribution in [1.82, 2.24) is 0 Å². The monoisotopic (exact) mass is 376 g/mol. The highest BCUT2D eigenvalue weighted by atomic mass is 14.3. The number of rotatable bonds is 0. The summed E-state index contributed by atoms with van der Waals surface area (Å²) in [7, 11) is 0. The molecule has 0 radical (unpaired) electrons. The van der Waals surface area contributed by atoms with Crippen LogP contribution in [0.5, 0.6) is 0 Å². The number of benzene rings is 7. The quantitative estimate of drug-likeness (QED) is 0.184. The van der Waals surface area contributed by atoms with Crippen molar-refractivity contribution in [3.05, 3.63) is 97.1 Å². The summed E-state index contributed by atoms with van der Waals surface area (Å²) in [5, 5.41) is 13.7. The summed E-state index contributed by atoms with van der Waals surface area (Å²) in [5.41, 5.74) is 5.51. The van der Waals surface area contributed by atoms with Gasteiger partial charge in [-0.15, -0.1) is 0 Å². The fourth-order valence-electron chi connectivity index (χ4n) is 5.95. The van der Waals surface area contributed by atoms with Crippen molar-refractivity contribution in [2.45, 2.75) is 0 Å². The van der Waals surface area contributed by atoms with Crippen molar-refractivity contribution in [3.8, 4) is 22.3 Å². The van der Waals surface area contributed by atoms with Gasteiger partial charge in [0.15, 0.2) is 0 Å². The SMILES string of the molecule is c1ccc2c3c(ccc2c1)-c1ccc2c4cccc5cccc(c6ccc-3c1c26)c54. The first-order valence-corrected chi connectivity index (χ1v) is 10.5. The van der Waals surface area contributed by atoms with Crippen LogP contribution in [0.15, 0.2) is 97.1 Å². The van der Waals surface area contributed by atoms with Crippen LogP contribution in [0.2, 0.25) is 0 Å². The molecule has 0 heteroatoms. The van der Waals surface area contributed by atoms with Crippen LogP contribution in [0.25, 0.3) is 76.1 Å². The fourth-order valence-corrected chi connectivity index (χ4v) is 5.95. The molecule has 0 saturated heterocycles. The highest BCUT2D eigenvalue weighted by Crippen LogP contribution is 2.53. The van der Waals surface area contributed by atoms with Crippen LogP contribution in [-0.2, 0) is 0 Å². The van der Waals surface area contributed by atoms with Crippen molar-refractivity contribution < 1.29 is 0 Å². The van der Waals surface area contributed by atoms with Gasteiger partial charge >= 0.3 is 0 Å². The molecule has 1 aliphatic carbocycles. The zero-order valence-electron chi connectivity index (χ0n) is 16.2. The lowest BCUT2D eigenvalue weighted by molar-refractivity contribution is 1.73. The maximum absolute atomic E-state index is 2.36. The Balaban J connectivity index is 1.68. The van der Waals surface area contributed by atoms with Gasteiger partial charge in [0.1, 0.15) is 0 Å². The minimum Gasteiger partial charge on any atom is -0.0616 e. The molecule has 0 nitrogen and oxygen atoms in total. The first kappa shape index (κ1) is 15.0. The molecule has 0 aromatic heterocycles. The molecular formula is C30H16. The average Bonchev–Trinajstić information content (AvgIpc) is 3.15. The molecule has 0 N–H and O–H groups in total. The molecule has 0 saturated carbocycles. The van der Waals surface area contributed by atoms with E-state index in [0.29, 0.717) is 0 Å². The summed E-state index contributed by atoms with van der Waals surface area (Å²) in [6.45, 7) is 0. The fraction of sp³-hybridized carbons (Fsp3) is 0. The van der Waals surface area contributed by atoms with Gasteiger partial charge in [-0.3, -0.25) is 0 Å². The van der Waals surface area contributed by atoms with E-state index in [1.54, 1.807) is 0 Å². The number of fused-ring (bicyclic) bond motifs is 7. The van der Waals surface area contributed by atoms with Gasteiger partial charge in [0.2, 0.25) is 0 Å². The molecule has 30 heavy (non-hydrogen) atoms.